The molecule has 0 saturated carbocycles. The van der Waals surface area contributed by atoms with Crippen LogP contribution in [0.1, 0.15) is 131 Å². The average molecular weight is 1070 g/mol. The maximum absolute atomic E-state index is 7.75. The van der Waals surface area contributed by atoms with Crippen molar-refractivity contribution in [3.05, 3.63) is 146 Å². The molecular formula is C62H126O2Si6. The second-order valence-corrected chi connectivity index (χ2v) is 45.5. The van der Waals surface area contributed by atoms with Crippen molar-refractivity contribution in [2.75, 3.05) is 0 Å². The summed E-state index contributed by atoms with van der Waals surface area (Å²) in [4.78, 5) is 0. The van der Waals surface area contributed by atoms with Gasteiger partial charge in [-0.15, -0.1) is 0 Å². The zero-order valence-corrected chi connectivity index (χ0v) is 44.9. The number of hydrogen-bond donors (Lipinski definition) is 0. The molecule has 0 bridgehead atoms. The SMILES string of the molecule is C.C.C.C.C.C.C.C.C.C.C.C.CC[Si](C)(C)O[Si](C)(C)CC.CC[Si](C)(C)c1ccc([Si](C)(C)CC)cc1.CC[Si](O[Si](CC)(c1ccccc1)c1ccccc1)(c1ccccc1)c1ccccc1. The smallest absolute Gasteiger partial charge is 0.245 e. The molecule has 70 heavy (non-hydrogen) atoms. The highest BCUT2D eigenvalue weighted by molar-refractivity contribution is 7.09. The van der Waals surface area contributed by atoms with E-state index in [9.17, 15) is 0 Å². The van der Waals surface area contributed by atoms with Gasteiger partial charge in [-0.1, -0.05) is 325 Å². The van der Waals surface area contributed by atoms with Gasteiger partial charge in [0.2, 0.25) is 16.6 Å². The molecule has 0 spiro atoms. The van der Waals surface area contributed by atoms with E-state index < -0.39 is 49.4 Å². The third kappa shape index (κ3) is 24.4. The van der Waals surface area contributed by atoms with E-state index in [1.807, 2.05) is 0 Å². The van der Waals surface area contributed by atoms with Gasteiger partial charge in [-0.25, -0.2) is 0 Å². The van der Waals surface area contributed by atoms with Gasteiger partial charge in [-0.05, 0) is 71.1 Å². The Morgan fingerprint density at radius 3 is 0.600 bits per heavy atom. The summed E-state index contributed by atoms with van der Waals surface area (Å²) >= 11 is 0. The third-order valence-electron chi connectivity index (χ3n) is 12.8. The third-order valence-corrected chi connectivity index (χ3v) is 37.8. The Balaban J connectivity index is -0.000000100. The molecule has 8 heteroatoms. The van der Waals surface area contributed by atoms with Crippen LogP contribution in [0.3, 0.4) is 0 Å². The highest BCUT2D eigenvalue weighted by Gasteiger charge is 2.48. The minimum Gasteiger partial charge on any atom is -0.456 e. The van der Waals surface area contributed by atoms with Gasteiger partial charge in [-0.2, -0.15) is 0 Å². The van der Waals surface area contributed by atoms with Gasteiger partial charge in [0, 0.05) is 0 Å². The van der Waals surface area contributed by atoms with Gasteiger partial charge in [0.15, 0.2) is 16.6 Å². The van der Waals surface area contributed by atoms with Crippen LogP contribution < -0.4 is 31.1 Å². The minimum absolute atomic E-state index is 0. The summed E-state index contributed by atoms with van der Waals surface area (Å²) in [5.41, 5.74) is 0. The van der Waals surface area contributed by atoms with Crippen LogP contribution in [0.25, 0.3) is 0 Å². The predicted octanol–water partition coefficient (Wildman–Crippen LogP) is 19.2. The minimum atomic E-state index is -2.48. The van der Waals surface area contributed by atoms with E-state index in [-0.39, 0.29) is 89.1 Å². The summed E-state index contributed by atoms with van der Waals surface area (Å²) in [5, 5.41) is 8.61. The quantitative estimate of drug-likeness (QED) is 0.0917. The fraction of sp³-hybridized carbons (Fsp3) is 0.516. The van der Waals surface area contributed by atoms with Crippen LogP contribution in [0, 0.1) is 0 Å². The fourth-order valence-corrected chi connectivity index (χ4v) is 28.1. The van der Waals surface area contributed by atoms with Crippen molar-refractivity contribution in [1.29, 1.82) is 0 Å². The van der Waals surface area contributed by atoms with Crippen molar-refractivity contribution in [2.24, 2.45) is 0 Å². The summed E-state index contributed by atoms with van der Waals surface area (Å²) in [6, 6.07) is 60.5. The predicted molar refractivity (Wildman–Crippen MR) is 357 cm³/mol. The molecule has 2 nitrogen and oxygen atoms in total. The molecule has 0 fully saturated rings. The summed E-state index contributed by atoms with van der Waals surface area (Å²) in [6.45, 7) is 32.9. The van der Waals surface area contributed by atoms with Crippen LogP contribution in [-0.2, 0) is 8.23 Å². The Kier molecular flexibility index (Phi) is 52.5. The van der Waals surface area contributed by atoms with Crippen LogP contribution in [0.2, 0.25) is 88.6 Å². The lowest BCUT2D eigenvalue weighted by Gasteiger charge is -2.42. The van der Waals surface area contributed by atoms with Crippen LogP contribution in [0.5, 0.6) is 0 Å². The van der Waals surface area contributed by atoms with E-state index in [2.05, 4.69) is 240 Å². The summed E-state index contributed by atoms with van der Waals surface area (Å²) in [7, 11) is -9.77. The second-order valence-electron chi connectivity index (χ2n) is 18.3. The topological polar surface area (TPSA) is 18.5 Å². The normalized spacial score (nSPS) is 10.4. The maximum atomic E-state index is 7.75. The fourth-order valence-electron chi connectivity index (χ4n) is 7.33. The molecule has 0 saturated heterocycles. The van der Waals surface area contributed by atoms with Gasteiger partial charge < -0.3 is 8.23 Å². The molecule has 5 aromatic rings. The molecular weight excluding hydrogens is 945 g/mol. The van der Waals surface area contributed by atoms with Gasteiger partial charge in [0.1, 0.15) is 0 Å². The monoisotopic (exact) mass is 1070 g/mol. The molecule has 0 heterocycles. The molecule has 0 unspecified atom stereocenters. The van der Waals surface area contributed by atoms with Gasteiger partial charge in [0.25, 0.3) is 0 Å². The van der Waals surface area contributed by atoms with E-state index in [0.717, 1.165) is 12.1 Å². The number of hydrogen-bond acceptors (Lipinski definition) is 2. The Labute approximate surface area is 450 Å². The van der Waals surface area contributed by atoms with Crippen molar-refractivity contribution >= 4 is 80.5 Å². The lowest BCUT2D eigenvalue weighted by atomic mass is 10.4. The van der Waals surface area contributed by atoms with Crippen LogP contribution in [0.4, 0.5) is 0 Å². The zero-order chi connectivity index (χ0) is 43.1. The first-order chi connectivity index (χ1) is 27.4. The van der Waals surface area contributed by atoms with Gasteiger partial charge in [-0.3, -0.25) is 0 Å². The molecule has 0 atom stereocenters. The molecule has 0 amide bonds. The molecule has 0 aromatic heterocycles. The molecule has 0 aliphatic rings. The van der Waals surface area contributed by atoms with Crippen molar-refractivity contribution in [2.45, 2.75) is 219 Å². The molecule has 410 valence electrons. The van der Waals surface area contributed by atoms with Gasteiger partial charge in [0.05, 0.1) is 16.1 Å². The molecule has 5 rings (SSSR count). The first-order valence-electron chi connectivity index (χ1n) is 22.1. The number of benzene rings is 5. The van der Waals surface area contributed by atoms with Crippen LogP contribution in [0.15, 0.2) is 146 Å². The molecule has 0 aliphatic heterocycles. The van der Waals surface area contributed by atoms with E-state index in [4.69, 9.17) is 8.23 Å². The van der Waals surface area contributed by atoms with Crippen molar-refractivity contribution in [1.82, 2.24) is 0 Å². The zero-order valence-electron chi connectivity index (χ0n) is 38.9. The average Bonchev–Trinajstić information content (AvgIpc) is 3.26. The first kappa shape index (κ1) is 90.1. The Morgan fingerprint density at radius 1 is 0.243 bits per heavy atom. The maximum Gasteiger partial charge on any atom is 0.245 e. The highest BCUT2D eigenvalue weighted by atomic mass is 28.4. The summed E-state index contributed by atoms with van der Waals surface area (Å²) < 4.78 is 13.9. The van der Waals surface area contributed by atoms with Crippen molar-refractivity contribution in [3.63, 3.8) is 0 Å². The highest BCUT2D eigenvalue weighted by Crippen LogP contribution is 2.24. The Hall–Kier alpha value is -2.68. The Morgan fingerprint density at radius 2 is 0.443 bits per heavy atom. The lowest BCUT2D eigenvalue weighted by molar-refractivity contribution is 0.542. The first-order valence-corrected chi connectivity index (χ1v) is 39.0. The molecule has 0 aliphatic carbocycles. The van der Waals surface area contributed by atoms with Crippen molar-refractivity contribution in [3.8, 4) is 0 Å². The van der Waals surface area contributed by atoms with E-state index in [1.165, 1.54) is 44.9 Å². The largest absolute Gasteiger partial charge is 0.456 e. The van der Waals surface area contributed by atoms with E-state index >= 15 is 0 Å². The van der Waals surface area contributed by atoms with Crippen LogP contribution in [-0.4, -0.2) is 49.4 Å². The standard InChI is InChI=1S/C28H30OSi2.C14H26Si2.C8H22OSi2.12CH4/c1-3-30(25-17-9-5-10-18-25,26-19-11-6-12-20-26)29-31(4-2,27-21-13-7-14-22-27)28-23-15-8-16-24-28;1-7-15(3,4)13-9-11-14(12-10-13)16(5,6)8-2;1-7-10(3,4)9-11(5,6)8-2;;;;;;;;;;;;/h5-24H,3-4H2,1-2H3;9-12H,7-8H2,1-6H3;7-8H2,1-6H3;12*1H4. The molecule has 0 radical (unpaired) electrons. The van der Waals surface area contributed by atoms with Crippen molar-refractivity contribution < 1.29 is 8.23 Å². The Bertz CT molecular complexity index is 1670. The molecule has 0 N–H and O–H groups in total. The second kappa shape index (κ2) is 40.8. The summed E-state index contributed by atoms with van der Waals surface area (Å²) in [6.07, 6.45) is 0. The van der Waals surface area contributed by atoms with Crippen LogP contribution >= 0.6 is 0 Å². The summed E-state index contributed by atoms with van der Waals surface area (Å²) in [5.74, 6) is 0. The molecule has 5 aromatic carbocycles. The van der Waals surface area contributed by atoms with E-state index in [0.29, 0.717) is 0 Å². The van der Waals surface area contributed by atoms with Gasteiger partial charge >= 0.3 is 0 Å². The lowest BCUT2D eigenvalue weighted by Crippen LogP contribution is -2.72. The van der Waals surface area contributed by atoms with E-state index in [1.54, 1.807) is 10.4 Å². The number of rotatable bonds is 16.